The maximum atomic E-state index is 14.8. The minimum Gasteiger partial charge on any atom is -0.457 e. The Morgan fingerprint density at radius 1 is 1.11 bits per heavy atom. The third-order valence-corrected chi connectivity index (χ3v) is 6.15. The van der Waals surface area contributed by atoms with Crippen LogP contribution in [0.5, 0.6) is 6.01 Å². The summed E-state index contributed by atoms with van der Waals surface area (Å²) in [6, 6.07) is 3.42. The summed E-state index contributed by atoms with van der Waals surface area (Å²) in [5.41, 5.74) is 0.517. The van der Waals surface area contributed by atoms with Gasteiger partial charge < -0.3 is 29.4 Å². The Balaban J connectivity index is 1.19. The molecule has 0 radical (unpaired) electrons. The molecular weight excluding hydrogens is 485 g/mol. The second-order valence-electron chi connectivity index (χ2n) is 8.69. The molecule has 2 N–H and O–H groups in total. The summed E-state index contributed by atoms with van der Waals surface area (Å²) < 4.78 is 31.1. The molecule has 2 amide bonds. The van der Waals surface area contributed by atoms with Crippen molar-refractivity contribution in [3.8, 4) is 6.01 Å². The number of halogens is 1. The number of hydrogen-bond acceptors (Lipinski definition) is 10. The van der Waals surface area contributed by atoms with E-state index in [-0.39, 0.29) is 41.8 Å². The lowest BCUT2D eigenvalue weighted by Gasteiger charge is -2.33. The summed E-state index contributed by atoms with van der Waals surface area (Å²) in [7, 11) is 0. The molecule has 37 heavy (non-hydrogen) atoms. The monoisotopic (exact) mass is 511 g/mol. The van der Waals surface area contributed by atoms with Crippen molar-refractivity contribution in [2.24, 2.45) is 0 Å². The molecule has 2 aliphatic rings. The zero-order valence-electron chi connectivity index (χ0n) is 19.9. The van der Waals surface area contributed by atoms with Crippen LogP contribution in [0.2, 0.25) is 0 Å². The normalized spacial score (nSPS) is 20.3. The van der Waals surface area contributed by atoms with Gasteiger partial charge in [0.2, 0.25) is 0 Å². The summed E-state index contributed by atoms with van der Waals surface area (Å²) >= 11 is 0. The first kappa shape index (κ1) is 24.6. The highest BCUT2D eigenvalue weighted by molar-refractivity contribution is 6.08. The first-order valence-corrected chi connectivity index (χ1v) is 12.0. The average molecular weight is 512 g/mol. The predicted molar refractivity (Wildman–Crippen MR) is 128 cm³/mol. The number of oxazole rings is 1. The van der Waals surface area contributed by atoms with Crippen molar-refractivity contribution in [1.82, 2.24) is 25.3 Å². The Kier molecular flexibility index (Phi) is 7.49. The Morgan fingerprint density at radius 3 is 2.70 bits per heavy atom. The van der Waals surface area contributed by atoms with E-state index in [0.29, 0.717) is 31.9 Å². The fourth-order valence-corrected chi connectivity index (χ4v) is 4.16. The third kappa shape index (κ3) is 6.00. The Hall–Kier alpha value is -4.13. The fourth-order valence-electron chi connectivity index (χ4n) is 4.16. The van der Waals surface area contributed by atoms with E-state index in [1.54, 1.807) is 11.0 Å². The van der Waals surface area contributed by atoms with E-state index in [0.717, 1.165) is 12.8 Å². The lowest BCUT2D eigenvalue weighted by Crippen LogP contribution is -2.47. The van der Waals surface area contributed by atoms with Gasteiger partial charge in [0.05, 0.1) is 17.8 Å². The second-order valence-corrected chi connectivity index (χ2v) is 8.69. The van der Waals surface area contributed by atoms with Gasteiger partial charge in [-0.15, -0.1) is 0 Å². The quantitative estimate of drug-likeness (QED) is 0.483. The van der Waals surface area contributed by atoms with Gasteiger partial charge in [-0.3, -0.25) is 14.6 Å². The van der Waals surface area contributed by atoms with Crippen molar-refractivity contribution in [3.05, 3.63) is 54.4 Å². The zero-order chi connectivity index (χ0) is 25.6. The van der Waals surface area contributed by atoms with E-state index in [9.17, 15) is 14.0 Å². The highest BCUT2D eigenvalue weighted by atomic mass is 19.1. The number of piperidine rings is 1. The molecule has 2 aliphatic heterocycles. The molecule has 2 fully saturated rings. The van der Waals surface area contributed by atoms with Gasteiger partial charge in [-0.2, -0.15) is 4.98 Å². The Labute approximate surface area is 211 Å². The van der Waals surface area contributed by atoms with E-state index in [1.807, 2.05) is 0 Å². The maximum Gasteiger partial charge on any atom is 0.316 e. The van der Waals surface area contributed by atoms with Gasteiger partial charge in [0.15, 0.2) is 11.9 Å². The molecule has 3 aromatic rings. The van der Waals surface area contributed by atoms with Crippen LogP contribution in [0.25, 0.3) is 0 Å². The van der Waals surface area contributed by atoms with Crippen LogP contribution >= 0.6 is 0 Å². The minimum atomic E-state index is -1.34. The molecule has 0 saturated carbocycles. The molecule has 5 rings (SSSR count). The number of alkyl halides is 1. The van der Waals surface area contributed by atoms with E-state index < -0.39 is 18.2 Å². The van der Waals surface area contributed by atoms with Crippen LogP contribution in [-0.2, 0) is 4.74 Å². The molecule has 0 bridgehead atoms. The summed E-state index contributed by atoms with van der Waals surface area (Å²) in [6.07, 6.45) is 6.87. The summed E-state index contributed by atoms with van der Waals surface area (Å²) in [5, 5.41) is 5.64. The highest BCUT2D eigenvalue weighted by Gasteiger charge is 2.33. The van der Waals surface area contributed by atoms with Crippen molar-refractivity contribution >= 4 is 23.5 Å². The molecule has 2 saturated heterocycles. The molecular formula is C24H26FN7O5. The number of rotatable bonds is 7. The van der Waals surface area contributed by atoms with Crippen molar-refractivity contribution < 1.29 is 27.9 Å². The van der Waals surface area contributed by atoms with E-state index in [1.165, 1.54) is 37.1 Å². The summed E-state index contributed by atoms with van der Waals surface area (Å²) in [6.45, 7) is 1.55. The van der Waals surface area contributed by atoms with Gasteiger partial charge in [-0.05, 0) is 25.0 Å². The molecule has 194 valence electrons. The standard InChI is InChI=1S/C24H26FN7O5/c25-17-13-32(9-3-20(17)37-23-27-6-1-7-28-23)24-31-19(14-36-24)22(34)30-18-2-8-26-12-16(18)21(33)29-15-4-10-35-11-5-15/h1-2,6-8,12,14-15,17,20H,3-5,9-11,13H2,(H,29,33)(H,26,30,34)/t17-,20+/m0/s1. The highest BCUT2D eigenvalue weighted by Crippen LogP contribution is 2.24. The van der Waals surface area contributed by atoms with Crippen LogP contribution in [-0.4, -0.2) is 76.4 Å². The molecule has 0 aromatic carbocycles. The van der Waals surface area contributed by atoms with Gasteiger partial charge in [0, 0.05) is 57.0 Å². The predicted octanol–water partition coefficient (Wildman–Crippen LogP) is 2.02. The first-order chi connectivity index (χ1) is 18.1. The number of amides is 2. The average Bonchev–Trinajstić information content (AvgIpc) is 3.42. The number of nitrogens with zero attached hydrogens (tertiary/aromatic N) is 5. The van der Waals surface area contributed by atoms with Crippen molar-refractivity contribution in [3.63, 3.8) is 0 Å². The number of anilines is 2. The Morgan fingerprint density at radius 2 is 1.92 bits per heavy atom. The molecule has 0 aliphatic carbocycles. The number of nitrogens with one attached hydrogen (secondary N) is 2. The zero-order valence-corrected chi connectivity index (χ0v) is 19.9. The molecule has 3 aromatic heterocycles. The fraction of sp³-hybridized carbons (Fsp3) is 0.417. The molecule has 12 nitrogen and oxygen atoms in total. The number of carbonyl (C=O) groups is 2. The van der Waals surface area contributed by atoms with E-state index >= 15 is 0 Å². The van der Waals surface area contributed by atoms with Gasteiger partial charge in [0.25, 0.3) is 17.8 Å². The van der Waals surface area contributed by atoms with Crippen molar-refractivity contribution in [1.29, 1.82) is 0 Å². The molecule has 2 atom stereocenters. The van der Waals surface area contributed by atoms with Gasteiger partial charge in [0.1, 0.15) is 12.4 Å². The molecule has 5 heterocycles. The van der Waals surface area contributed by atoms with Gasteiger partial charge >= 0.3 is 6.01 Å². The molecule has 13 heteroatoms. The van der Waals surface area contributed by atoms with Gasteiger partial charge in [-0.1, -0.05) is 0 Å². The summed E-state index contributed by atoms with van der Waals surface area (Å²) in [5.74, 6) is -0.909. The topological polar surface area (TPSA) is 145 Å². The van der Waals surface area contributed by atoms with Crippen LogP contribution in [0.4, 0.5) is 16.1 Å². The van der Waals surface area contributed by atoms with Crippen LogP contribution < -0.4 is 20.3 Å². The SMILES string of the molecule is O=C(Nc1ccncc1C(=O)NC1CCOCC1)c1coc(N2CC[C@@H](Oc3ncccn3)[C@@H](F)C2)n1. The maximum absolute atomic E-state index is 14.8. The number of ether oxygens (including phenoxy) is 2. The van der Waals surface area contributed by atoms with Crippen LogP contribution in [0, 0.1) is 0 Å². The largest absolute Gasteiger partial charge is 0.457 e. The lowest BCUT2D eigenvalue weighted by molar-refractivity contribution is 0.0696. The third-order valence-electron chi connectivity index (χ3n) is 6.15. The van der Waals surface area contributed by atoms with Crippen molar-refractivity contribution in [2.75, 3.05) is 36.5 Å². The second kappa shape index (κ2) is 11.3. The van der Waals surface area contributed by atoms with Gasteiger partial charge in [-0.25, -0.2) is 14.4 Å². The molecule has 0 unspecified atom stereocenters. The van der Waals surface area contributed by atoms with Crippen LogP contribution in [0.3, 0.4) is 0 Å². The summed E-state index contributed by atoms with van der Waals surface area (Å²) in [4.78, 5) is 43.4. The number of aromatic nitrogens is 4. The lowest BCUT2D eigenvalue weighted by atomic mass is 10.1. The smallest absolute Gasteiger partial charge is 0.316 e. The van der Waals surface area contributed by atoms with E-state index in [2.05, 4.69) is 30.6 Å². The van der Waals surface area contributed by atoms with Crippen LogP contribution in [0.15, 0.2) is 47.6 Å². The van der Waals surface area contributed by atoms with E-state index in [4.69, 9.17) is 13.9 Å². The number of carbonyl (C=O) groups excluding carboxylic acids is 2. The molecule has 0 spiro atoms. The number of hydrogen-bond donors (Lipinski definition) is 2. The Bertz CT molecular complexity index is 1220. The first-order valence-electron chi connectivity index (χ1n) is 12.0. The van der Waals surface area contributed by atoms with Crippen molar-refractivity contribution in [2.45, 2.75) is 37.6 Å². The number of pyridine rings is 1. The van der Waals surface area contributed by atoms with Crippen LogP contribution in [0.1, 0.15) is 40.1 Å². The minimum absolute atomic E-state index is 0.00260.